The number of unbranched alkanes of at least 4 members (excludes halogenated alkanes) is 25. The van der Waals surface area contributed by atoms with Crippen LogP contribution in [0.3, 0.4) is 0 Å². The van der Waals surface area contributed by atoms with Crippen LogP contribution in [-0.4, -0.2) is 37.2 Å². The van der Waals surface area contributed by atoms with Gasteiger partial charge in [0.25, 0.3) is 0 Å². The Bertz CT molecular complexity index is 736. The van der Waals surface area contributed by atoms with E-state index in [1.165, 1.54) is 128 Å². The molecule has 0 heterocycles. The summed E-state index contributed by atoms with van der Waals surface area (Å²) in [5.41, 5.74) is 0. The van der Waals surface area contributed by atoms with Gasteiger partial charge in [0.05, 0.1) is 0 Å². The Kier molecular flexibility index (Phi) is 36.4. The topological polar surface area (TPSA) is 78.9 Å². The first-order chi connectivity index (χ1) is 23.9. The second-order valence-electron chi connectivity index (χ2n) is 15.1. The Balaban J connectivity index is 4.24. The van der Waals surface area contributed by atoms with Crippen molar-refractivity contribution in [1.29, 1.82) is 0 Å². The van der Waals surface area contributed by atoms with Crippen LogP contribution in [0, 0.1) is 5.92 Å². The van der Waals surface area contributed by atoms with Crippen molar-refractivity contribution in [2.75, 3.05) is 13.2 Å². The summed E-state index contributed by atoms with van der Waals surface area (Å²) in [5.74, 6) is -0.110. The molecular formula is C43H82O6. The van der Waals surface area contributed by atoms with Gasteiger partial charge in [0.2, 0.25) is 0 Å². The second kappa shape index (κ2) is 37.7. The highest BCUT2D eigenvalue weighted by atomic mass is 16.6. The fourth-order valence-electron chi connectivity index (χ4n) is 6.27. The van der Waals surface area contributed by atoms with Crippen LogP contribution >= 0.6 is 0 Å². The number of carbonyl (C=O) groups excluding carboxylic acids is 3. The fraction of sp³-hybridized carbons (Fsp3) is 0.930. The lowest BCUT2D eigenvalue weighted by molar-refractivity contribution is -0.167. The van der Waals surface area contributed by atoms with Crippen molar-refractivity contribution in [3.8, 4) is 0 Å². The number of carbonyl (C=O) groups is 3. The molecule has 0 aliphatic rings. The maximum Gasteiger partial charge on any atom is 0.306 e. The molecule has 0 N–H and O–H groups in total. The Labute approximate surface area is 304 Å². The smallest absolute Gasteiger partial charge is 0.306 e. The molecule has 0 aromatic heterocycles. The molecule has 1 atom stereocenters. The van der Waals surface area contributed by atoms with Crippen LogP contribution in [0.2, 0.25) is 0 Å². The highest BCUT2D eigenvalue weighted by Gasteiger charge is 2.19. The third-order valence-corrected chi connectivity index (χ3v) is 9.54. The minimum Gasteiger partial charge on any atom is -0.462 e. The van der Waals surface area contributed by atoms with Crippen molar-refractivity contribution in [2.24, 2.45) is 5.92 Å². The van der Waals surface area contributed by atoms with Gasteiger partial charge in [0, 0.05) is 19.3 Å². The van der Waals surface area contributed by atoms with Crippen molar-refractivity contribution in [2.45, 2.75) is 239 Å². The summed E-state index contributed by atoms with van der Waals surface area (Å²) in [5, 5.41) is 0. The quantitative estimate of drug-likeness (QED) is 0.0364. The van der Waals surface area contributed by atoms with E-state index in [4.69, 9.17) is 14.2 Å². The first-order valence-corrected chi connectivity index (χ1v) is 21.4. The van der Waals surface area contributed by atoms with Gasteiger partial charge in [-0.3, -0.25) is 14.4 Å². The molecule has 0 fully saturated rings. The number of rotatable bonds is 38. The minimum atomic E-state index is -0.758. The van der Waals surface area contributed by atoms with E-state index in [9.17, 15) is 14.4 Å². The van der Waals surface area contributed by atoms with Gasteiger partial charge in [-0.2, -0.15) is 0 Å². The third kappa shape index (κ3) is 37.5. The molecule has 0 saturated carbocycles. The SMILES string of the molecule is CCCCCCCCCCCCCCCCCC(=O)OC[C@H](COC(=O)CCCCCCCCC)OC(=O)CCCCCCCCC(C)C. The first kappa shape index (κ1) is 47.4. The van der Waals surface area contributed by atoms with E-state index in [1.807, 2.05) is 0 Å². The van der Waals surface area contributed by atoms with Gasteiger partial charge in [-0.25, -0.2) is 0 Å². The summed E-state index contributed by atoms with van der Waals surface area (Å²) < 4.78 is 16.6. The lowest BCUT2D eigenvalue weighted by atomic mass is 10.0. The summed E-state index contributed by atoms with van der Waals surface area (Å²) in [6.07, 6.45) is 35.4. The molecule has 0 bridgehead atoms. The molecule has 0 aliphatic carbocycles. The highest BCUT2D eigenvalue weighted by molar-refractivity contribution is 5.71. The molecule has 0 aromatic carbocycles. The fourth-order valence-corrected chi connectivity index (χ4v) is 6.27. The van der Waals surface area contributed by atoms with Crippen LogP contribution < -0.4 is 0 Å². The summed E-state index contributed by atoms with van der Waals surface area (Å²) >= 11 is 0. The predicted molar refractivity (Wildman–Crippen MR) is 206 cm³/mol. The van der Waals surface area contributed by atoms with Gasteiger partial charge in [0.1, 0.15) is 13.2 Å². The zero-order chi connectivity index (χ0) is 36.0. The van der Waals surface area contributed by atoms with E-state index in [2.05, 4.69) is 27.7 Å². The van der Waals surface area contributed by atoms with Crippen LogP contribution in [0.5, 0.6) is 0 Å². The lowest BCUT2D eigenvalue weighted by Gasteiger charge is -2.18. The van der Waals surface area contributed by atoms with E-state index in [0.717, 1.165) is 63.7 Å². The molecular weight excluding hydrogens is 612 g/mol. The number of esters is 3. The van der Waals surface area contributed by atoms with Gasteiger partial charge < -0.3 is 14.2 Å². The Morgan fingerprint density at radius 3 is 1.00 bits per heavy atom. The van der Waals surface area contributed by atoms with Crippen molar-refractivity contribution >= 4 is 17.9 Å². The highest BCUT2D eigenvalue weighted by Crippen LogP contribution is 2.15. The third-order valence-electron chi connectivity index (χ3n) is 9.54. The van der Waals surface area contributed by atoms with Crippen molar-refractivity contribution in [3.63, 3.8) is 0 Å². The standard InChI is InChI=1S/C43H82O6/c1-5-7-9-11-13-14-15-16-17-18-19-20-22-27-31-35-42(45)48-38-40(37-47-41(44)34-30-26-21-12-10-8-6-2)49-43(46)36-32-28-24-23-25-29-33-39(3)4/h39-40H,5-38H2,1-4H3/t40-/m0/s1. The van der Waals surface area contributed by atoms with E-state index in [1.54, 1.807) is 0 Å². The van der Waals surface area contributed by atoms with E-state index in [0.29, 0.717) is 19.3 Å². The largest absolute Gasteiger partial charge is 0.462 e. The summed E-state index contributed by atoms with van der Waals surface area (Å²) in [6, 6.07) is 0. The molecule has 0 amide bonds. The molecule has 0 saturated heterocycles. The maximum absolute atomic E-state index is 12.6. The van der Waals surface area contributed by atoms with Crippen molar-refractivity contribution in [1.82, 2.24) is 0 Å². The molecule has 6 heteroatoms. The molecule has 0 rings (SSSR count). The Morgan fingerprint density at radius 1 is 0.388 bits per heavy atom. The second-order valence-corrected chi connectivity index (χ2v) is 15.1. The Hall–Kier alpha value is -1.59. The summed E-state index contributed by atoms with van der Waals surface area (Å²) in [6.45, 7) is 8.87. The van der Waals surface area contributed by atoms with Crippen LogP contribution in [0.15, 0.2) is 0 Å². The zero-order valence-electron chi connectivity index (χ0n) is 33.1. The van der Waals surface area contributed by atoms with Gasteiger partial charge in [0.15, 0.2) is 6.10 Å². The molecule has 6 nitrogen and oxygen atoms in total. The van der Waals surface area contributed by atoms with Gasteiger partial charge in [-0.1, -0.05) is 195 Å². The number of hydrogen-bond donors (Lipinski definition) is 0. The number of ether oxygens (including phenoxy) is 3. The normalized spacial score (nSPS) is 11.9. The first-order valence-electron chi connectivity index (χ1n) is 21.4. The molecule has 0 aliphatic heterocycles. The minimum absolute atomic E-state index is 0.0656. The summed E-state index contributed by atoms with van der Waals surface area (Å²) in [7, 11) is 0. The maximum atomic E-state index is 12.6. The molecule has 0 unspecified atom stereocenters. The Morgan fingerprint density at radius 2 is 0.673 bits per heavy atom. The molecule has 290 valence electrons. The van der Waals surface area contributed by atoms with Crippen LogP contribution in [-0.2, 0) is 28.6 Å². The van der Waals surface area contributed by atoms with Crippen LogP contribution in [0.4, 0.5) is 0 Å². The lowest BCUT2D eigenvalue weighted by Crippen LogP contribution is -2.30. The summed E-state index contributed by atoms with van der Waals surface area (Å²) in [4.78, 5) is 37.4. The van der Waals surface area contributed by atoms with Crippen LogP contribution in [0.25, 0.3) is 0 Å². The van der Waals surface area contributed by atoms with E-state index in [-0.39, 0.29) is 31.1 Å². The van der Waals surface area contributed by atoms with Gasteiger partial charge in [-0.05, 0) is 25.2 Å². The molecule has 0 spiro atoms. The average Bonchev–Trinajstić information content (AvgIpc) is 3.08. The van der Waals surface area contributed by atoms with Crippen LogP contribution in [0.1, 0.15) is 233 Å². The molecule has 0 radical (unpaired) electrons. The van der Waals surface area contributed by atoms with Gasteiger partial charge >= 0.3 is 17.9 Å². The van der Waals surface area contributed by atoms with E-state index < -0.39 is 6.10 Å². The number of hydrogen-bond acceptors (Lipinski definition) is 6. The molecule has 0 aromatic rings. The predicted octanol–water partition coefficient (Wildman–Crippen LogP) is 13.2. The molecule has 49 heavy (non-hydrogen) atoms. The van der Waals surface area contributed by atoms with Crippen molar-refractivity contribution in [3.05, 3.63) is 0 Å². The van der Waals surface area contributed by atoms with Gasteiger partial charge in [-0.15, -0.1) is 0 Å². The van der Waals surface area contributed by atoms with E-state index >= 15 is 0 Å². The van der Waals surface area contributed by atoms with Crippen molar-refractivity contribution < 1.29 is 28.6 Å². The zero-order valence-corrected chi connectivity index (χ0v) is 33.1. The monoisotopic (exact) mass is 695 g/mol. The average molecular weight is 695 g/mol.